The first-order chi connectivity index (χ1) is 6.24. The molecule has 1 aromatic heterocycles. The number of hydrogen-bond acceptors (Lipinski definition) is 6. The maximum atomic E-state index is 11.1. The molecular weight excluding hydrogens is 176 g/mol. The molecule has 0 unspecified atom stereocenters. The molecule has 0 spiro atoms. The van der Waals surface area contributed by atoms with Crippen LogP contribution in [0.5, 0.6) is 0 Å². The molecular formula is C4H10N8O. The van der Waals surface area contributed by atoms with Gasteiger partial charge in [0.25, 0.3) is 5.95 Å². The first kappa shape index (κ1) is 9.35. The highest BCUT2D eigenvalue weighted by molar-refractivity contribution is 5.86. The number of aromatic amines is 1. The van der Waals surface area contributed by atoms with Crippen molar-refractivity contribution in [1.29, 1.82) is 0 Å². The summed E-state index contributed by atoms with van der Waals surface area (Å²) in [6, 6.07) is -0.535. The number of aromatic nitrogens is 4. The third-order valence-electron chi connectivity index (χ3n) is 1.19. The van der Waals surface area contributed by atoms with E-state index < -0.39 is 6.03 Å². The van der Waals surface area contributed by atoms with Crippen LogP contribution >= 0.6 is 0 Å². The molecule has 9 nitrogen and oxygen atoms in total. The number of rotatable bonds is 3. The summed E-state index contributed by atoms with van der Waals surface area (Å²) in [4.78, 5) is 11.1. The van der Waals surface area contributed by atoms with Crippen LogP contribution in [0.15, 0.2) is 0 Å². The number of carbonyl (C=O) groups excluding carboxylic acids is 1. The van der Waals surface area contributed by atoms with Crippen LogP contribution in [0.25, 0.3) is 0 Å². The van der Waals surface area contributed by atoms with Gasteiger partial charge >= 0.3 is 6.03 Å². The number of nitrogens with zero attached hydrogens (tertiary/aromatic N) is 4. The van der Waals surface area contributed by atoms with Crippen molar-refractivity contribution in [2.24, 2.45) is 11.6 Å². The monoisotopic (exact) mass is 186 g/mol. The zero-order valence-corrected chi connectivity index (χ0v) is 6.77. The number of tetrazole rings is 1. The number of nitrogens with two attached hydrogens (primary N) is 2. The van der Waals surface area contributed by atoms with Crippen LogP contribution in [0.3, 0.4) is 0 Å². The van der Waals surface area contributed by atoms with Crippen LogP contribution < -0.4 is 16.9 Å². The molecule has 0 aliphatic rings. The second-order valence-corrected chi connectivity index (χ2v) is 2.15. The summed E-state index contributed by atoms with van der Waals surface area (Å²) in [6.07, 6.45) is 0. The predicted molar refractivity (Wildman–Crippen MR) is 43.1 cm³/mol. The van der Waals surface area contributed by atoms with Crippen molar-refractivity contribution < 1.29 is 4.79 Å². The number of anilines is 1. The zero-order valence-electron chi connectivity index (χ0n) is 6.77. The highest BCUT2D eigenvalue weighted by atomic mass is 16.2. The standard InChI is InChI=1S/C4H10N8O/c5-1-2-12(6)4(13)7-3-8-10-11-9-3/h1-2,5-6H2,(H2,7,8,9,10,11,13). The summed E-state index contributed by atoms with van der Waals surface area (Å²) in [6.45, 7) is 0.542. The molecule has 0 fully saturated rings. The summed E-state index contributed by atoms with van der Waals surface area (Å²) < 4.78 is 0. The van der Waals surface area contributed by atoms with Crippen LogP contribution in [-0.4, -0.2) is 44.8 Å². The van der Waals surface area contributed by atoms with Crippen LogP contribution in [0.2, 0.25) is 0 Å². The Bertz CT molecular complexity index is 257. The topological polar surface area (TPSA) is 139 Å². The summed E-state index contributed by atoms with van der Waals surface area (Å²) >= 11 is 0. The minimum atomic E-state index is -0.535. The lowest BCUT2D eigenvalue weighted by molar-refractivity contribution is 0.214. The summed E-state index contributed by atoms with van der Waals surface area (Å²) in [5, 5.41) is 15.7. The van der Waals surface area contributed by atoms with E-state index in [0.29, 0.717) is 0 Å². The van der Waals surface area contributed by atoms with Gasteiger partial charge in [-0.1, -0.05) is 5.10 Å². The van der Waals surface area contributed by atoms with Gasteiger partial charge in [0.15, 0.2) is 0 Å². The number of H-pyrrole nitrogens is 1. The molecule has 0 aliphatic heterocycles. The largest absolute Gasteiger partial charge is 0.338 e. The van der Waals surface area contributed by atoms with Crippen LogP contribution in [0, 0.1) is 0 Å². The SMILES string of the molecule is NCCN(N)C(=O)Nc1nn[nH]n1. The number of hydrogen-bond donors (Lipinski definition) is 4. The van der Waals surface area contributed by atoms with E-state index in [2.05, 4.69) is 25.9 Å². The fraction of sp³-hybridized carbons (Fsp3) is 0.500. The molecule has 0 bridgehead atoms. The van der Waals surface area contributed by atoms with Crippen molar-refractivity contribution in [1.82, 2.24) is 25.6 Å². The Morgan fingerprint density at radius 3 is 3.00 bits per heavy atom. The third-order valence-corrected chi connectivity index (χ3v) is 1.19. The maximum Gasteiger partial charge on any atom is 0.338 e. The van der Waals surface area contributed by atoms with E-state index in [4.69, 9.17) is 11.6 Å². The van der Waals surface area contributed by atoms with Crippen LogP contribution in [0.4, 0.5) is 10.7 Å². The molecule has 13 heavy (non-hydrogen) atoms. The molecule has 2 amide bonds. The molecule has 0 saturated heterocycles. The van der Waals surface area contributed by atoms with Crippen molar-refractivity contribution in [3.63, 3.8) is 0 Å². The second kappa shape index (κ2) is 4.33. The lowest BCUT2D eigenvalue weighted by Crippen LogP contribution is -2.43. The average molecular weight is 186 g/mol. The molecule has 0 aromatic carbocycles. The van der Waals surface area contributed by atoms with Crippen molar-refractivity contribution in [3.8, 4) is 0 Å². The molecule has 0 aliphatic carbocycles. The minimum absolute atomic E-state index is 0.0671. The van der Waals surface area contributed by atoms with Gasteiger partial charge in [-0.2, -0.15) is 5.21 Å². The van der Waals surface area contributed by atoms with Gasteiger partial charge < -0.3 is 5.73 Å². The van der Waals surface area contributed by atoms with Crippen molar-refractivity contribution in [2.45, 2.75) is 0 Å². The molecule has 72 valence electrons. The van der Waals surface area contributed by atoms with Gasteiger partial charge in [-0.25, -0.2) is 10.6 Å². The number of nitrogens with one attached hydrogen (secondary N) is 2. The van der Waals surface area contributed by atoms with E-state index >= 15 is 0 Å². The molecule has 0 saturated carbocycles. The van der Waals surface area contributed by atoms with Gasteiger partial charge in [0.1, 0.15) is 0 Å². The quantitative estimate of drug-likeness (QED) is 0.241. The van der Waals surface area contributed by atoms with Crippen LogP contribution in [0.1, 0.15) is 0 Å². The Labute approximate surface area is 73.4 Å². The van der Waals surface area contributed by atoms with Gasteiger partial charge in [-0.15, -0.1) is 5.10 Å². The smallest absolute Gasteiger partial charge is 0.329 e. The number of hydrazine groups is 1. The molecule has 0 radical (unpaired) electrons. The Hall–Kier alpha value is -1.74. The maximum absolute atomic E-state index is 11.1. The van der Waals surface area contributed by atoms with Crippen molar-refractivity contribution in [2.75, 3.05) is 18.4 Å². The van der Waals surface area contributed by atoms with Gasteiger partial charge in [-0.3, -0.25) is 10.3 Å². The van der Waals surface area contributed by atoms with E-state index in [1.54, 1.807) is 0 Å². The fourth-order valence-electron chi connectivity index (χ4n) is 0.623. The normalized spacial score (nSPS) is 9.69. The Balaban J connectivity index is 2.41. The Morgan fingerprint density at radius 1 is 1.69 bits per heavy atom. The Kier molecular flexibility index (Phi) is 3.11. The second-order valence-electron chi connectivity index (χ2n) is 2.15. The highest BCUT2D eigenvalue weighted by Gasteiger charge is 2.09. The van der Waals surface area contributed by atoms with Gasteiger partial charge in [0.05, 0.1) is 6.54 Å². The van der Waals surface area contributed by atoms with Gasteiger partial charge in [0.2, 0.25) is 0 Å². The van der Waals surface area contributed by atoms with E-state index in [1.165, 1.54) is 0 Å². The average Bonchev–Trinajstić information content (AvgIpc) is 2.57. The van der Waals surface area contributed by atoms with Gasteiger partial charge in [0, 0.05) is 6.54 Å². The van der Waals surface area contributed by atoms with Crippen LogP contribution in [-0.2, 0) is 0 Å². The lowest BCUT2D eigenvalue weighted by atomic mass is 10.6. The number of amides is 2. The summed E-state index contributed by atoms with van der Waals surface area (Å²) in [5.74, 6) is 5.37. The van der Waals surface area contributed by atoms with E-state index in [0.717, 1.165) is 5.01 Å². The molecule has 1 heterocycles. The fourth-order valence-corrected chi connectivity index (χ4v) is 0.623. The summed E-state index contributed by atoms with van der Waals surface area (Å²) in [5.41, 5.74) is 5.19. The number of urea groups is 1. The molecule has 1 rings (SSSR count). The van der Waals surface area contributed by atoms with Gasteiger partial charge in [-0.05, 0) is 5.21 Å². The molecule has 0 atom stereocenters. The first-order valence-corrected chi connectivity index (χ1v) is 3.50. The zero-order chi connectivity index (χ0) is 9.68. The highest BCUT2D eigenvalue weighted by Crippen LogP contribution is 1.91. The summed E-state index contributed by atoms with van der Waals surface area (Å²) in [7, 11) is 0. The van der Waals surface area contributed by atoms with Crippen molar-refractivity contribution in [3.05, 3.63) is 0 Å². The van der Waals surface area contributed by atoms with Crippen molar-refractivity contribution >= 4 is 12.0 Å². The van der Waals surface area contributed by atoms with E-state index in [1.807, 2.05) is 0 Å². The minimum Gasteiger partial charge on any atom is -0.329 e. The third kappa shape index (κ3) is 2.65. The number of carbonyl (C=O) groups is 1. The van der Waals surface area contributed by atoms with E-state index in [-0.39, 0.29) is 19.0 Å². The molecule has 9 heteroatoms. The molecule has 6 N–H and O–H groups in total. The molecule has 1 aromatic rings. The predicted octanol–water partition coefficient (Wildman–Crippen LogP) is -2.13. The first-order valence-electron chi connectivity index (χ1n) is 3.50. The lowest BCUT2D eigenvalue weighted by Gasteiger charge is -2.13. The van der Waals surface area contributed by atoms with E-state index in [9.17, 15) is 4.79 Å². The Morgan fingerprint density at radius 2 is 2.46 bits per heavy atom.